The number of Topliss-reactive ketones (excluding diaryl/α,β-unsaturated/α-hetero) is 1. The fraction of sp³-hybridized carbons (Fsp3) is 0.457. The van der Waals surface area contributed by atoms with Gasteiger partial charge in [-0.15, -0.1) is 0 Å². The number of phenolic OH excluding ortho intramolecular Hbond substituents is 2. The fourth-order valence-corrected chi connectivity index (χ4v) is 8.07. The van der Waals surface area contributed by atoms with Crippen molar-refractivity contribution in [3.63, 3.8) is 0 Å². The lowest BCUT2D eigenvalue weighted by molar-refractivity contribution is -0.160. The van der Waals surface area contributed by atoms with E-state index in [2.05, 4.69) is 5.32 Å². The molecule has 3 heterocycles. The number of fused-ring (bicyclic) bond motifs is 14. The van der Waals surface area contributed by atoms with E-state index in [0.29, 0.717) is 18.8 Å². The summed E-state index contributed by atoms with van der Waals surface area (Å²) in [4.78, 5) is 42.7. The summed E-state index contributed by atoms with van der Waals surface area (Å²) in [7, 11) is 1.47. The fourth-order valence-electron chi connectivity index (χ4n) is 8.07. The van der Waals surface area contributed by atoms with Gasteiger partial charge in [-0.3, -0.25) is 14.4 Å². The van der Waals surface area contributed by atoms with E-state index in [1.54, 1.807) is 71.9 Å². The van der Waals surface area contributed by atoms with E-state index in [4.69, 9.17) is 18.9 Å². The molecule has 0 spiro atoms. The Morgan fingerprint density at radius 3 is 2.25 bits per heavy atom. The van der Waals surface area contributed by atoms with Crippen LogP contribution < -0.4 is 15.0 Å². The maximum atomic E-state index is 14.7. The van der Waals surface area contributed by atoms with Crippen LogP contribution in [0.3, 0.4) is 0 Å². The molecule has 59 heavy (non-hydrogen) atoms. The number of benzene rings is 3. The number of ketones is 1. The van der Waals surface area contributed by atoms with Crippen molar-refractivity contribution >= 4 is 39.8 Å². The van der Waals surface area contributed by atoms with Crippen molar-refractivity contribution in [2.75, 3.05) is 23.9 Å². The number of aliphatic hydroxyl groups excluding tert-OH is 2. The van der Waals surface area contributed by atoms with E-state index >= 15 is 0 Å². The van der Waals surface area contributed by atoms with Gasteiger partial charge in [0.25, 0.3) is 11.7 Å². The largest absolute Gasteiger partial charge is 0.507 e. The smallest absolute Gasteiger partial charge is 0.312 e. The average Bonchev–Trinajstić information content (AvgIpc) is 3.48. The van der Waals surface area contributed by atoms with Gasteiger partial charge in [-0.25, -0.2) is 0 Å². The molecule has 0 aromatic heterocycles. The number of amides is 1. The zero-order chi connectivity index (χ0) is 43.5. The molecule has 0 radical (unpaired) electrons. The summed E-state index contributed by atoms with van der Waals surface area (Å²) in [5, 5.41) is 49.5. The molecule has 6 rings (SSSR count). The molecule has 3 aliphatic rings. The number of carbonyl (C=O) groups is 3. The van der Waals surface area contributed by atoms with Gasteiger partial charge < -0.3 is 49.6 Å². The van der Waals surface area contributed by atoms with Gasteiger partial charge in [0.1, 0.15) is 17.6 Å². The Kier molecular flexibility index (Phi) is 13.9. The van der Waals surface area contributed by atoms with Crippen molar-refractivity contribution < 1.29 is 53.8 Å². The molecule has 318 valence electrons. The van der Waals surface area contributed by atoms with Gasteiger partial charge in [-0.05, 0) is 38.5 Å². The maximum absolute atomic E-state index is 14.7. The lowest BCUT2D eigenvalue weighted by Crippen LogP contribution is -2.46. The van der Waals surface area contributed by atoms with Gasteiger partial charge in [0.05, 0.1) is 41.2 Å². The topological polar surface area (TPSA) is 184 Å². The van der Waals surface area contributed by atoms with Gasteiger partial charge in [-0.1, -0.05) is 76.3 Å². The lowest BCUT2D eigenvalue weighted by atomic mass is 9.78. The Bertz CT molecular complexity index is 2150. The Balaban J connectivity index is 1.72. The van der Waals surface area contributed by atoms with Crippen molar-refractivity contribution in [2.45, 2.75) is 99.1 Å². The Morgan fingerprint density at radius 1 is 0.949 bits per heavy atom. The number of hydrogen-bond acceptors (Lipinski definition) is 12. The third-order valence-electron chi connectivity index (χ3n) is 11.8. The van der Waals surface area contributed by atoms with Crippen LogP contribution in [0.15, 0.2) is 72.5 Å². The number of carbonyl (C=O) groups excluding carboxylic acids is 3. The molecule has 9 atom stereocenters. The highest BCUT2D eigenvalue weighted by Gasteiger charge is 2.49. The quantitative estimate of drug-likeness (QED) is 0.126. The molecule has 0 aliphatic carbocycles. The highest BCUT2D eigenvalue weighted by atomic mass is 16.7. The number of aromatic hydroxyl groups is 2. The Labute approximate surface area is 345 Å². The van der Waals surface area contributed by atoms with E-state index < -0.39 is 77.3 Å². The number of anilines is 2. The molecular formula is C46H58N2O11. The highest BCUT2D eigenvalue weighted by molar-refractivity contribution is 6.23. The van der Waals surface area contributed by atoms with Crippen LogP contribution in [-0.4, -0.2) is 81.9 Å². The molecule has 13 nitrogen and oxygen atoms in total. The van der Waals surface area contributed by atoms with Crippen molar-refractivity contribution in [1.82, 2.24) is 0 Å². The second-order valence-electron chi connectivity index (χ2n) is 15.9. The number of aliphatic hydroxyl groups is 2. The molecule has 0 unspecified atom stereocenters. The summed E-state index contributed by atoms with van der Waals surface area (Å²) in [6, 6.07) is 11.2. The molecule has 5 N–H and O–H groups in total. The predicted octanol–water partition coefficient (Wildman–Crippen LogP) is 7.08. The molecule has 13 heteroatoms. The van der Waals surface area contributed by atoms with Crippen LogP contribution in [0, 0.1) is 30.6 Å². The third kappa shape index (κ3) is 8.97. The van der Waals surface area contributed by atoms with Crippen molar-refractivity contribution in [2.24, 2.45) is 23.7 Å². The van der Waals surface area contributed by atoms with Crippen LogP contribution in [0.5, 0.6) is 17.2 Å². The minimum absolute atomic E-state index is 0.00524. The van der Waals surface area contributed by atoms with E-state index in [9.17, 15) is 34.8 Å². The van der Waals surface area contributed by atoms with Gasteiger partial charge in [0, 0.05) is 79.9 Å². The van der Waals surface area contributed by atoms with Crippen LogP contribution in [-0.2, 0) is 30.3 Å². The van der Waals surface area contributed by atoms with E-state index in [1.807, 2.05) is 42.2 Å². The second-order valence-corrected chi connectivity index (χ2v) is 15.9. The molecule has 1 amide bonds. The predicted molar refractivity (Wildman–Crippen MR) is 225 cm³/mol. The SMILES string of the molecule is CCN(Cc1ccccc1)c1cc2c(O)c3c(O)c(C)c4c(c13)C(=O)[C@@](C)(O/C=C/[C@H](OC)[C@@H](C)[C@@H](OC(C)=O)[C@H](C)[C@H](O)[C@H](C)[C@@H](O)[C@@H](C)/C=C/C=C(/C)C(=O)N2)O4. The zero-order valence-electron chi connectivity index (χ0n) is 35.5. The molecule has 0 fully saturated rings. The Morgan fingerprint density at radius 2 is 1.63 bits per heavy atom. The number of allylic oxidation sites excluding steroid dienone is 2. The van der Waals surface area contributed by atoms with E-state index in [-0.39, 0.29) is 44.7 Å². The van der Waals surface area contributed by atoms with Crippen LogP contribution in [0.1, 0.15) is 76.9 Å². The number of nitrogens with zero attached hydrogens (tertiary/aromatic N) is 1. The van der Waals surface area contributed by atoms with Gasteiger partial charge >= 0.3 is 11.8 Å². The summed E-state index contributed by atoms with van der Waals surface area (Å²) >= 11 is 0. The second kappa shape index (κ2) is 18.3. The molecule has 3 aromatic rings. The summed E-state index contributed by atoms with van der Waals surface area (Å²) in [6.07, 6.45) is 3.98. The number of esters is 1. The third-order valence-corrected chi connectivity index (χ3v) is 11.8. The van der Waals surface area contributed by atoms with Crippen LogP contribution >= 0.6 is 0 Å². The monoisotopic (exact) mass is 814 g/mol. The van der Waals surface area contributed by atoms with E-state index in [0.717, 1.165) is 5.56 Å². The molecule has 3 aliphatic heterocycles. The standard InChI is InChI=1S/C46H58N2O11/c1-11-48(23-31-18-13-12-14-19-31)33-22-32-41(53)36-35(33)37-43(29(7)40(36)52)59-46(9,44(37)54)57-21-20-34(56-10)26(4)42(58-30(8)49)28(6)39(51)27(5)38(50)24(2)16-15-17-25(3)45(55)47-32/h12-22,24,26-28,34,38-39,42,50-53H,11,23H2,1-10H3,(H,47,55)/b16-15+,21-20+,25-17-/t24-,26+,27+,28+,34-,38-,39+,42+,46-/m0/s1. The first-order valence-corrected chi connectivity index (χ1v) is 20.0. The van der Waals surface area contributed by atoms with Crippen LogP contribution in [0.4, 0.5) is 11.4 Å². The molecular weight excluding hydrogens is 757 g/mol. The molecule has 0 saturated carbocycles. The van der Waals surface area contributed by atoms with Crippen molar-refractivity contribution in [1.29, 1.82) is 0 Å². The zero-order valence-corrected chi connectivity index (χ0v) is 35.5. The number of hydrogen-bond donors (Lipinski definition) is 5. The summed E-state index contributed by atoms with van der Waals surface area (Å²) in [5.41, 5.74) is 1.92. The highest BCUT2D eigenvalue weighted by Crippen LogP contribution is 2.54. The average molecular weight is 815 g/mol. The minimum atomic E-state index is -1.94. The summed E-state index contributed by atoms with van der Waals surface area (Å²) in [6.45, 7) is 15.7. The number of rotatable bonds is 6. The first-order chi connectivity index (χ1) is 27.9. The number of ether oxygens (including phenoxy) is 4. The van der Waals surface area contributed by atoms with Crippen molar-refractivity contribution in [3.05, 3.63) is 89.2 Å². The number of methoxy groups -OCH3 is 1. The summed E-state index contributed by atoms with van der Waals surface area (Å²) in [5.74, 6) is -6.72. The lowest BCUT2D eigenvalue weighted by Gasteiger charge is -2.38. The van der Waals surface area contributed by atoms with Gasteiger partial charge in [-0.2, -0.15) is 0 Å². The molecule has 3 aromatic carbocycles. The summed E-state index contributed by atoms with van der Waals surface area (Å²) < 4.78 is 24.0. The van der Waals surface area contributed by atoms with Crippen molar-refractivity contribution in [3.8, 4) is 17.2 Å². The molecule has 0 saturated heterocycles. The number of phenols is 2. The van der Waals surface area contributed by atoms with E-state index in [1.165, 1.54) is 27.2 Å². The first-order valence-electron chi connectivity index (χ1n) is 20.0. The molecule has 5 bridgehead atoms. The number of nitrogens with one attached hydrogen (secondary N) is 1. The van der Waals surface area contributed by atoms with Gasteiger partial charge in [0.15, 0.2) is 5.75 Å². The first kappa shape index (κ1) is 44.7. The minimum Gasteiger partial charge on any atom is -0.507 e. The van der Waals surface area contributed by atoms with Gasteiger partial charge in [0.2, 0.25) is 0 Å². The van der Waals surface area contributed by atoms with Crippen LogP contribution in [0.25, 0.3) is 10.8 Å². The Hall–Kier alpha value is -5.37. The van der Waals surface area contributed by atoms with Crippen LogP contribution in [0.2, 0.25) is 0 Å². The normalized spacial score (nSPS) is 29.9. The maximum Gasteiger partial charge on any atom is 0.312 e.